The molecule has 9 atom stereocenters. The fraction of sp³-hybridized carbons (Fsp3) is 0.917. The summed E-state index contributed by atoms with van der Waals surface area (Å²) < 4.78 is 10.1. The van der Waals surface area contributed by atoms with Gasteiger partial charge in [0.05, 0.1) is 13.2 Å². The highest BCUT2D eigenvalue weighted by Crippen LogP contribution is 2.24. The van der Waals surface area contributed by atoms with Crippen molar-refractivity contribution in [3.05, 3.63) is 0 Å². The largest absolute Gasteiger partial charge is 0.394 e. The zero-order valence-electron chi connectivity index (χ0n) is 12.0. The van der Waals surface area contributed by atoms with E-state index in [1.165, 1.54) is 0 Å². The van der Waals surface area contributed by atoms with E-state index in [9.17, 15) is 35.4 Å². The number of aliphatic hydroxyl groups is 8. The number of hydrogen-bond acceptors (Lipinski definition) is 11. The maximum Gasteiger partial charge on any atom is 0.187 e. The molecular formula is C12H22O11. The van der Waals surface area contributed by atoms with Crippen LogP contribution in [0.4, 0.5) is 0 Å². The van der Waals surface area contributed by atoms with E-state index >= 15 is 0 Å². The molecule has 0 aromatic rings. The minimum absolute atomic E-state index is 0.0294. The Morgan fingerprint density at radius 1 is 1.04 bits per heavy atom. The molecule has 1 aliphatic heterocycles. The van der Waals surface area contributed by atoms with Crippen molar-refractivity contribution in [3.8, 4) is 0 Å². The average Bonchev–Trinajstić information content (AvgIpc) is 2.57. The van der Waals surface area contributed by atoms with Crippen molar-refractivity contribution in [2.24, 2.45) is 0 Å². The fourth-order valence-electron chi connectivity index (χ4n) is 2.11. The lowest BCUT2D eigenvalue weighted by molar-refractivity contribution is -0.326. The van der Waals surface area contributed by atoms with E-state index in [1.54, 1.807) is 0 Å². The van der Waals surface area contributed by atoms with Crippen molar-refractivity contribution in [1.82, 2.24) is 0 Å². The normalized spacial score (nSPS) is 37.0. The lowest BCUT2D eigenvalue weighted by Gasteiger charge is -2.42. The quantitative estimate of drug-likeness (QED) is 0.196. The van der Waals surface area contributed by atoms with E-state index in [4.69, 9.17) is 19.7 Å². The Labute approximate surface area is 130 Å². The van der Waals surface area contributed by atoms with Gasteiger partial charge in [-0.2, -0.15) is 0 Å². The lowest BCUT2D eigenvalue weighted by Crippen LogP contribution is -2.61. The van der Waals surface area contributed by atoms with Crippen LogP contribution >= 0.6 is 0 Å². The second kappa shape index (κ2) is 8.94. The van der Waals surface area contributed by atoms with Gasteiger partial charge in [0.2, 0.25) is 0 Å². The van der Waals surface area contributed by atoms with Crippen LogP contribution < -0.4 is 0 Å². The molecule has 1 aliphatic rings. The second-order valence-corrected chi connectivity index (χ2v) is 5.17. The average molecular weight is 342 g/mol. The van der Waals surface area contributed by atoms with Gasteiger partial charge in [0.25, 0.3) is 0 Å². The Balaban J connectivity index is 2.91. The van der Waals surface area contributed by atoms with Gasteiger partial charge in [-0.1, -0.05) is 0 Å². The Kier molecular flexibility index (Phi) is 7.89. The number of ether oxygens (including phenoxy) is 2. The van der Waals surface area contributed by atoms with E-state index in [0.29, 0.717) is 0 Å². The third kappa shape index (κ3) is 4.64. The molecule has 1 saturated heterocycles. The minimum Gasteiger partial charge on any atom is -0.394 e. The number of rotatable bonds is 8. The molecule has 0 aromatic heterocycles. The number of hydrogen-bond donors (Lipinski definition) is 8. The Morgan fingerprint density at radius 3 is 2.13 bits per heavy atom. The maximum atomic E-state index is 10.5. The smallest absolute Gasteiger partial charge is 0.187 e. The summed E-state index contributed by atoms with van der Waals surface area (Å²) in [6.07, 6.45) is -15.7. The Bertz CT molecular complexity index is 365. The third-order valence-electron chi connectivity index (χ3n) is 3.53. The first kappa shape index (κ1) is 20.3. The van der Waals surface area contributed by atoms with Gasteiger partial charge in [0, 0.05) is 0 Å². The SMILES string of the molecule is O=C[C@@H](O)[C@@H](O)[C@@H](O[C@@H]1O[C@@H](CO)[C@H](O)[C@H](O)[C@@H]1O)[C@H](O)CO. The molecule has 0 aliphatic carbocycles. The molecule has 0 bridgehead atoms. The van der Waals surface area contributed by atoms with Gasteiger partial charge in [-0.05, 0) is 0 Å². The molecule has 0 spiro atoms. The highest BCUT2D eigenvalue weighted by Gasteiger charge is 2.46. The van der Waals surface area contributed by atoms with E-state index in [-0.39, 0.29) is 6.29 Å². The molecule has 0 unspecified atom stereocenters. The third-order valence-corrected chi connectivity index (χ3v) is 3.53. The molecule has 1 fully saturated rings. The summed E-state index contributed by atoms with van der Waals surface area (Å²) in [4.78, 5) is 10.5. The van der Waals surface area contributed by atoms with Gasteiger partial charge < -0.3 is 55.1 Å². The summed E-state index contributed by atoms with van der Waals surface area (Å²) in [5, 5.41) is 75.7. The van der Waals surface area contributed by atoms with Gasteiger partial charge in [0.15, 0.2) is 12.6 Å². The van der Waals surface area contributed by atoms with E-state index in [2.05, 4.69) is 0 Å². The standard InChI is InChI=1S/C12H22O11/c13-1-4(16)7(18)11(5(17)2-14)23-12-10(21)9(20)8(19)6(3-15)22-12/h1,4-12,14-21H,2-3H2/t4-,5-,6+,7-,8+,9+,10+,11+,12+/m1/s1. The van der Waals surface area contributed by atoms with Crippen LogP contribution in [0, 0.1) is 0 Å². The summed E-state index contributed by atoms with van der Waals surface area (Å²) in [5.74, 6) is 0. The first-order valence-corrected chi connectivity index (χ1v) is 6.84. The molecule has 0 amide bonds. The summed E-state index contributed by atoms with van der Waals surface area (Å²) in [6.45, 7) is -1.64. The first-order chi connectivity index (χ1) is 10.8. The molecule has 1 rings (SSSR count). The zero-order chi connectivity index (χ0) is 17.7. The molecule has 23 heavy (non-hydrogen) atoms. The monoisotopic (exact) mass is 342 g/mol. The summed E-state index contributed by atoms with van der Waals surface area (Å²) in [7, 11) is 0. The van der Waals surface area contributed by atoms with Crippen LogP contribution in [-0.2, 0) is 14.3 Å². The number of aliphatic hydroxyl groups excluding tert-OH is 8. The predicted octanol–water partition coefficient (Wildman–Crippen LogP) is -5.55. The van der Waals surface area contributed by atoms with E-state index in [1.807, 2.05) is 0 Å². The summed E-state index contributed by atoms with van der Waals surface area (Å²) >= 11 is 0. The first-order valence-electron chi connectivity index (χ1n) is 6.84. The van der Waals surface area contributed by atoms with E-state index in [0.717, 1.165) is 0 Å². The molecular weight excluding hydrogens is 320 g/mol. The van der Waals surface area contributed by atoms with Crippen LogP contribution in [0.1, 0.15) is 0 Å². The van der Waals surface area contributed by atoms with Crippen LogP contribution in [0.3, 0.4) is 0 Å². The van der Waals surface area contributed by atoms with Gasteiger partial charge >= 0.3 is 0 Å². The number of carbonyl (C=O) groups is 1. The highest BCUT2D eigenvalue weighted by atomic mass is 16.7. The fourth-order valence-corrected chi connectivity index (χ4v) is 2.11. The zero-order valence-corrected chi connectivity index (χ0v) is 12.0. The maximum absolute atomic E-state index is 10.5. The van der Waals surface area contributed by atoms with Crippen molar-refractivity contribution < 1.29 is 55.1 Å². The molecule has 11 nitrogen and oxygen atoms in total. The summed E-state index contributed by atoms with van der Waals surface area (Å²) in [5.41, 5.74) is 0. The van der Waals surface area contributed by atoms with Gasteiger partial charge in [-0.3, -0.25) is 0 Å². The number of carbonyl (C=O) groups excluding carboxylic acids is 1. The molecule has 8 N–H and O–H groups in total. The van der Waals surface area contributed by atoms with Gasteiger partial charge in [0.1, 0.15) is 48.8 Å². The molecule has 0 saturated carbocycles. The minimum atomic E-state index is -1.97. The van der Waals surface area contributed by atoms with Crippen LogP contribution in [0.2, 0.25) is 0 Å². The van der Waals surface area contributed by atoms with Gasteiger partial charge in [-0.15, -0.1) is 0 Å². The van der Waals surface area contributed by atoms with Crippen LogP contribution in [-0.4, -0.2) is 115 Å². The topological polar surface area (TPSA) is 197 Å². The Morgan fingerprint density at radius 2 is 1.65 bits per heavy atom. The lowest BCUT2D eigenvalue weighted by atomic mass is 9.98. The molecule has 0 radical (unpaired) electrons. The van der Waals surface area contributed by atoms with E-state index < -0.39 is 68.3 Å². The van der Waals surface area contributed by atoms with Crippen molar-refractivity contribution >= 4 is 6.29 Å². The van der Waals surface area contributed by atoms with Crippen molar-refractivity contribution in [1.29, 1.82) is 0 Å². The van der Waals surface area contributed by atoms with Gasteiger partial charge in [-0.25, -0.2) is 0 Å². The molecule has 0 aromatic carbocycles. The van der Waals surface area contributed by atoms with Crippen LogP contribution in [0.5, 0.6) is 0 Å². The molecule has 11 heteroatoms. The Hall–Kier alpha value is -0.730. The number of aldehydes is 1. The summed E-state index contributed by atoms with van der Waals surface area (Å²) in [6, 6.07) is 0. The highest BCUT2D eigenvalue weighted by molar-refractivity contribution is 5.56. The second-order valence-electron chi connectivity index (χ2n) is 5.17. The van der Waals surface area contributed by atoms with Crippen LogP contribution in [0.15, 0.2) is 0 Å². The van der Waals surface area contributed by atoms with Crippen molar-refractivity contribution in [2.45, 2.75) is 55.1 Å². The molecule has 136 valence electrons. The van der Waals surface area contributed by atoms with Crippen LogP contribution in [0.25, 0.3) is 0 Å². The molecule has 1 heterocycles. The predicted molar refractivity (Wildman–Crippen MR) is 69.8 cm³/mol. The van der Waals surface area contributed by atoms with Crippen molar-refractivity contribution in [2.75, 3.05) is 13.2 Å². The van der Waals surface area contributed by atoms with Crippen molar-refractivity contribution in [3.63, 3.8) is 0 Å².